The zero-order valence-corrected chi connectivity index (χ0v) is 12.1. The molecule has 0 saturated heterocycles. The number of amides is 1. The quantitative estimate of drug-likeness (QED) is 0.859. The van der Waals surface area contributed by atoms with Gasteiger partial charge in [-0.15, -0.1) is 11.3 Å². The van der Waals surface area contributed by atoms with Gasteiger partial charge in [-0.2, -0.15) is 0 Å². The summed E-state index contributed by atoms with van der Waals surface area (Å²) in [7, 11) is 0. The van der Waals surface area contributed by atoms with Crippen molar-refractivity contribution in [2.24, 2.45) is 0 Å². The van der Waals surface area contributed by atoms with Gasteiger partial charge in [0.1, 0.15) is 11.0 Å². The Hall–Kier alpha value is -1.46. The number of halogens is 2. The first-order valence-electron chi connectivity index (χ1n) is 6.33. The number of hydrogen-bond donors (Lipinski definition) is 1. The standard InChI is InChI=1S/C14H12ClFN2OS/c15-13-10(6-8(16)7-17-13)14(19)18-11-2-1-3-12-9(11)4-5-20-12/h4-7,11H,1-3H2,(H,18,19). The molecule has 0 fully saturated rings. The van der Waals surface area contributed by atoms with E-state index >= 15 is 0 Å². The van der Waals surface area contributed by atoms with E-state index in [1.165, 1.54) is 4.88 Å². The summed E-state index contributed by atoms with van der Waals surface area (Å²) in [5.41, 5.74) is 1.24. The Morgan fingerprint density at radius 1 is 1.55 bits per heavy atom. The Labute approximate surface area is 124 Å². The molecule has 0 aromatic carbocycles. The van der Waals surface area contributed by atoms with E-state index in [0.717, 1.165) is 37.1 Å². The Morgan fingerprint density at radius 2 is 2.40 bits per heavy atom. The van der Waals surface area contributed by atoms with Crippen LogP contribution in [0.4, 0.5) is 4.39 Å². The molecular weight excluding hydrogens is 299 g/mol. The zero-order valence-electron chi connectivity index (χ0n) is 10.5. The van der Waals surface area contributed by atoms with Gasteiger partial charge in [-0.1, -0.05) is 11.6 Å². The summed E-state index contributed by atoms with van der Waals surface area (Å²) in [5.74, 6) is -0.953. The van der Waals surface area contributed by atoms with Crippen molar-refractivity contribution >= 4 is 28.8 Å². The van der Waals surface area contributed by atoms with Crippen molar-refractivity contribution in [3.8, 4) is 0 Å². The first-order chi connectivity index (χ1) is 9.65. The van der Waals surface area contributed by atoms with Gasteiger partial charge in [-0.25, -0.2) is 9.37 Å². The molecule has 1 unspecified atom stereocenters. The largest absolute Gasteiger partial charge is 0.345 e. The third kappa shape index (κ3) is 2.55. The van der Waals surface area contributed by atoms with Gasteiger partial charge >= 0.3 is 0 Å². The summed E-state index contributed by atoms with van der Waals surface area (Å²) < 4.78 is 13.2. The maximum atomic E-state index is 13.2. The van der Waals surface area contributed by atoms with Crippen LogP contribution in [0, 0.1) is 5.82 Å². The maximum absolute atomic E-state index is 13.2. The number of hydrogen-bond acceptors (Lipinski definition) is 3. The topological polar surface area (TPSA) is 42.0 Å². The number of carbonyl (C=O) groups excluding carboxylic acids is 1. The molecule has 1 N–H and O–H groups in total. The molecule has 104 valence electrons. The van der Waals surface area contributed by atoms with E-state index < -0.39 is 5.82 Å². The van der Waals surface area contributed by atoms with Crippen LogP contribution in [0.15, 0.2) is 23.7 Å². The number of aryl methyl sites for hydroxylation is 1. The van der Waals surface area contributed by atoms with Crippen molar-refractivity contribution in [3.63, 3.8) is 0 Å². The van der Waals surface area contributed by atoms with E-state index in [2.05, 4.69) is 10.3 Å². The molecule has 1 atom stereocenters. The number of carbonyl (C=O) groups is 1. The molecule has 2 heterocycles. The van der Waals surface area contributed by atoms with Gasteiger partial charge in [-0.3, -0.25) is 4.79 Å². The average Bonchev–Trinajstić information content (AvgIpc) is 2.91. The van der Waals surface area contributed by atoms with E-state index in [1.54, 1.807) is 11.3 Å². The molecule has 0 radical (unpaired) electrons. The number of pyridine rings is 1. The van der Waals surface area contributed by atoms with Crippen LogP contribution in [0.3, 0.4) is 0 Å². The summed E-state index contributed by atoms with van der Waals surface area (Å²) in [4.78, 5) is 17.2. The molecule has 2 aromatic rings. The van der Waals surface area contributed by atoms with Crippen molar-refractivity contribution in [3.05, 3.63) is 50.7 Å². The van der Waals surface area contributed by atoms with Crippen LogP contribution in [-0.2, 0) is 6.42 Å². The molecule has 1 amide bonds. The van der Waals surface area contributed by atoms with Gasteiger partial charge < -0.3 is 5.32 Å². The number of nitrogens with zero attached hydrogens (tertiary/aromatic N) is 1. The second kappa shape index (κ2) is 5.50. The second-order valence-electron chi connectivity index (χ2n) is 4.71. The molecule has 3 nitrogen and oxygen atoms in total. The number of nitrogens with one attached hydrogen (secondary N) is 1. The normalized spacial score (nSPS) is 17.6. The average molecular weight is 311 g/mol. The van der Waals surface area contributed by atoms with Gasteiger partial charge in [0.15, 0.2) is 0 Å². The van der Waals surface area contributed by atoms with Crippen molar-refractivity contribution in [2.75, 3.05) is 0 Å². The number of thiophene rings is 1. The van der Waals surface area contributed by atoms with E-state index in [4.69, 9.17) is 11.6 Å². The van der Waals surface area contributed by atoms with Gasteiger partial charge in [0.25, 0.3) is 5.91 Å². The molecular formula is C14H12ClFN2OS. The minimum Gasteiger partial charge on any atom is -0.345 e. The summed E-state index contributed by atoms with van der Waals surface area (Å²) in [6.45, 7) is 0. The SMILES string of the molecule is O=C(NC1CCCc2sccc21)c1cc(F)cnc1Cl. The zero-order chi connectivity index (χ0) is 14.1. The van der Waals surface area contributed by atoms with E-state index in [9.17, 15) is 9.18 Å². The molecule has 0 bridgehead atoms. The molecule has 0 spiro atoms. The first kappa shape index (κ1) is 13.5. The molecule has 1 aliphatic rings. The van der Waals surface area contributed by atoms with Crippen LogP contribution in [0.5, 0.6) is 0 Å². The third-order valence-corrected chi connectivity index (χ3v) is 4.71. The predicted octanol–water partition coefficient (Wildman–Crippen LogP) is 3.74. The highest BCUT2D eigenvalue weighted by atomic mass is 35.5. The first-order valence-corrected chi connectivity index (χ1v) is 7.59. The smallest absolute Gasteiger partial charge is 0.254 e. The highest BCUT2D eigenvalue weighted by Crippen LogP contribution is 2.33. The lowest BCUT2D eigenvalue weighted by atomic mass is 9.94. The molecule has 2 aromatic heterocycles. The molecule has 0 saturated carbocycles. The fourth-order valence-electron chi connectivity index (χ4n) is 2.45. The van der Waals surface area contributed by atoms with Gasteiger partial charge in [0, 0.05) is 4.88 Å². The summed E-state index contributed by atoms with van der Waals surface area (Å²) in [5, 5.41) is 4.97. The Morgan fingerprint density at radius 3 is 3.25 bits per heavy atom. The van der Waals surface area contributed by atoms with Crippen LogP contribution in [0.1, 0.15) is 39.7 Å². The van der Waals surface area contributed by atoms with Crippen molar-refractivity contribution in [2.45, 2.75) is 25.3 Å². The monoisotopic (exact) mass is 310 g/mol. The van der Waals surface area contributed by atoms with Crippen LogP contribution in [0.2, 0.25) is 5.15 Å². The summed E-state index contributed by atoms with van der Waals surface area (Å²) in [6.07, 6.45) is 3.97. The van der Waals surface area contributed by atoms with Gasteiger partial charge in [0.05, 0.1) is 17.8 Å². The molecule has 3 rings (SSSR count). The van der Waals surface area contributed by atoms with Crippen LogP contribution < -0.4 is 5.32 Å². The van der Waals surface area contributed by atoms with E-state index in [0.29, 0.717) is 0 Å². The predicted molar refractivity (Wildman–Crippen MR) is 76.7 cm³/mol. The molecule has 6 heteroatoms. The fraction of sp³-hybridized carbons (Fsp3) is 0.286. The minimum absolute atomic E-state index is 0.0188. The Bertz CT molecular complexity index is 658. The summed E-state index contributed by atoms with van der Waals surface area (Å²) in [6, 6.07) is 3.12. The molecule has 20 heavy (non-hydrogen) atoms. The Balaban J connectivity index is 1.82. The highest BCUT2D eigenvalue weighted by molar-refractivity contribution is 7.10. The second-order valence-corrected chi connectivity index (χ2v) is 6.07. The van der Waals surface area contributed by atoms with Crippen LogP contribution in [-0.4, -0.2) is 10.9 Å². The molecule has 1 aliphatic carbocycles. The van der Waals surface area contributed by atoms with Crippen molar-refractivity contribution < 1.29 is 9.18 Å². The highest BCUT2D eigenvalue weighted by Gasteiger charge is 2.24. The lowest BCUT2D eigenvalue weighted by molar-refractivity contribution is 0.0932. The van der Waals surface area contributed by atoms with Crippen LogP contribution in [0.25, 0.3) is 0 Å². The lowest BCUT2D eigenvalue weighted by Gasteiger charge is -2.23. The molecule has 0 aliphatic heterocycles. The number of fused-ring (bicyclic) bond motifs is 1. The summed E-state index contributed by atoms with van der Waals surface area (Å²) >= 11 is 7.56. The number of rotatable bonds is 2. The van der Waals surface area contributed by atoms with E-state index in [1.807, 2.05) is 11.4 Å². The van der Waals surface area contributed by atoms with Crippen molar-refractivity contribution in [1.29, 1.82) is 0 Å². The van der Waals surface area contributed by atoms with Crippen LogP contribution >= 0.6 is 22.9 Å². The third-order valence-electron chi connectivity index (χ3n) is 3.41. The maximum Gasteiger partial charge on any atom is 0.254 e. The lowest BCUT2D eigenvalue weighted by Crippen LogP contribution is -2.30. The number of aromatic nitrogens is 1. The van der Waals surface area contributed by atoms with Gasteiger partial charge in [-0.05, 0) is 42.3 Å². The minimum atomic E-state index is -0.570. The van der Waals surface area contributed by atoms with E-state index in [-0.39, 0.29) is 22.7 Å². The Kier molecular flexibility index (Phi) is 3.72. The fourth-order valence-corrected chi connectivity index (χ4v) is 3.63. The van der Waals surface area contributed by atoms with Gasteiger partial charge in [0.2, 0.25) is 0 Å². The van der Waals surface area contributed by atoms with Crippen molar-refractivity contribution in [1.82, 2.24) is 10.3 Å².